The third-order valence-electron chi connectivity index (χ3n) is 5.07. The number of carbonyl (C=O) groups is 1. The highest BCUT2D eigenvalue weighted by Gasteiger charge is 2.36. The van der Waals surface area contributed by atoms with Crippen LogP contribution >= 0.6 is 0 Å². The van der Waals surface area contributed by atoms with Crippen LogP contribution in [-0.2, 0) is 9.53 Å². The number of carbonyl (C=O) groups excluding carboxylic acids is 1. The minimum absolute atomic E-state index is 0.00519. The minimum atomic E-state index is -0.636. The van der Waals surface area contributed by atoms with Crippen LogP contribution in [0.5, 0.6) is 5.75 Å². The molecule has 1 aliphatic heterocycles. The summed E-state index contributed by atoms with van der Waals surface area (Å²) in [4.78, 5) is 12.0. The van der Waals surface area contributed by atoms with Gasteiger partial charge in [-0.05, 0) is 56.4 Å². The molecular formula is C19H26FNO4. The third kappa shape index (κ3) is 5.16. The van der Waals surface area contributed by atoms with Crippen LogP contribution in [0.25, 0.3) is 0 Å². The van der Waals surface area contributed by atoms with E-state index < -0.39 is 6.10 Å². The van der Waals surface area contributed by atoms with Gasteiger partial charge in [0.05, 0.1) is 12.2 Å². The summed E-state index contributed by atoms with van der Waals surface area (Å²) in [5, 5.41) is 13.3. The largest absolute Gasteiger partial charge is 0.488 e. The second kappa shape index (κ2) is 8.63. The topological polar surface area (TPSA) is 67.8 Å². The lowest BCUT2D eigenvalue weighted by Gasteiger charge is -2.21. The number of hydrogen-bond donors (Lipinski definition) is 2. The van der Waals surface area contributed by atoms with Crippen molar-refractivity contribution in [3.8, 4) is 5.75 Å². The fraction of sp³-hybridized carbons (Fsp3) is 0.632. The van der Waals surface area contributed by atoms with Crippen LogP contribution in [-0.4, -0.2) is 42.5 Å². The summed E-state index contributed by atoms with van der Waals surface area (Å²) in [6.07, 6.45) is 4.11. The molecule has 1 saturated heterocycles. The van der Waals surface area contributed by atoms with E-state index in [0.29, 0.717) is 18.7 Å². The molecule has 0 bridgehead atoms. The van der Waals surface area contributed by atoms with Crippen LogP contribution in [0, 0.1) is 11.7 Å². The van der Waals surface area contributed by atoms with Gasteiger partial charge in [-0.2, -0.15) is 0 Å². The molecule has 1 aromatic carbocycles. The standard InChI is InChI=1S/C19H26FNO4/c20-14-4-6-16(7-5-14)25-17-9-3-13(19(17)23)12-21-18(22)10-8-15-2-1-11-24-15/h4-7,13,15,17,19,23H,1-3,8-12H2,(H,21,22)/t13-,15?,17-,19-/m1/s1. The molecule has 138 valence electrons. The van der Waals surface area contributed by atoms with E-state index >= 15 is 0 Å². The number of aliphatic hydroxyl groups excluding tert-OH is 1. The molecule has 25 heavy (non-hydrogen) atoms. The van der Waals surface area contributed by atoms with Gasteiger partial charge in [0, 0.05) is 25.5 Å². The fourth-order valence-electron chi connectivity index (χ4n) is 3.56. The Hall–Kier alpha value is -1.66. The number of benzene rings is 1. The van der Waals surface area contributed by atoms with Crippen LogP contribution in [0.1, 0.15) is 38.5 Å². The molecule has 1 unspecified atom stereocenters. The molecule has 3 rings (SSSR count). The predicted molar refractivity (Wildman–Crippen MR) is 90.8 cm³/mol. The number of aliphatic hydroxyl groups is 1. The number of hydrogen-bond acceptors (Lipinski definition) is 4. The molecule has 2 aliphatic rings. The molecule has 1 saturated carbocycles. The molecule has 5 nitrogen and oxygen atoms in total. The van der Waals surface area contributed by atoms with E-state index in [1.165, 1.54) is 12.1 Å². The van der Waals surface area contributed by atoms with E-state index in [-0.39, 0.29) is 29.9 Å². The Balaban J connectivity index is 1.38. The normalized spacial score (nSPS) is 28.9. The van der Waals surface area contributed by atoms with Crippen molar-refractivity contribution in [3.63, 3.8) is 0 Å². The van der Waals surface area contributed by atoms with Crippen molar-refractivity contribution in [3.05, 3.63) is 30.1 Å². The average Bonchev–Trinajstić information content (AvgIpc) is 3.24. The zero-order chi connectivity index (χ0) is 17.6. The highest BCUT2D eigenvalue weighted by molar-refractivity contribution is 5.75. The van der Waals surface area contributed by atoms with Crippen LogP contribution in [0.2, 0.25) is 0 Å². The van der Waals surface area contributed by atoms with Gasteiger partial charge < -0.3 is 19.9 Å². The van der Waals surface area contributed by atoms with Crippen LogP contribution in [0.3, 0.4) is 0 Å². The molecule has 0 spiro atoms. The summed E-state index contributed by atoms with van der Waals surface area (Å²) in [6.45, 7) is 1.25. The quantitative estimate of drug-likeness (QED) is 0.792. The van der Waals surface area contributed by atoms with Crippen molar-refractivity contribution in [2.75, 3.05) is 13.2 Å². The summed E-state index contributed by atoms with van der Waals surface area (Å²) >= 11 is 0. The molecule has 0 aromatic heterocycles. The summed E-state index contributed by atoms with van der Waals surface area (Å²) < 4.78 is 24.2. The fourth-order valence-corrected chi connectivity index (χ4v) is 3.56. The molecule has 1 aliphatic carbocycles. The molecule has 1 aromatic rings. The first-order valence-corrected chi connectivity index (χ1v) is 9.10. The Labute approximate surface area is 147 Å². The molecule has 4 atom stereocenters. The van der Waals surface area contributed by atoms with Crippen LogP contribution in [0.15, 0.2) is 24.3 Å². The molecular weight excluding hydrogens is 325 g/mol. The zero-order valence-electron chi connectivity index (χ0n) is 14.3. The second-order valence-electron chi connectivity index (χ2n) is 6.92. The molecule has 0 radical (unpaired) electrons. The van der Waals surface area contributed by atoms with Gasteiger partial charge in [0.1, 0.15) is 17.7 Å². The Morgan fingerprint density at radius 3 is 2.80 bits per heavy atom. The first-order valence-electron chi connectivity index (χ1n) is 9.10. The monoisotopic (exact) mass is 351 g/mol. The highest BCUT2D eigenvalue weighted by Crippen LogP contribution is 2.29. The Bertz CT molecular complexity index is 559. The molecule has 1 amide bonds. The lowest BCUT2D eigenvalue weighted by molar-refractivity contribution is -0.122. The van der Waals surface area contributed by atoms with Crippen LogP contribution in [0.4, 0.5) is 4.39 Å². The maximum Gasteiger partial charge on any atom is 0.220 e. The maximum absolute atomic E-state index is 12.9. The molecule has 2 fully saturated rings. The predicted octanol–water partition coefficient (Wildman–Crippen LogP) is 2.42. The number of rotatable bonds is 7. The summed E-state index contributed by atoms with van der Waals surface area (Å²) in [5.41, 5.74) is 0. The number of ether oxygens (including phenoxy) is 2. The van der Waals surface area contributed by atoms with E-state index in [1.54, 1.807) is 12.1 Å². The van der Waals surface area contributed by atoms with E-state index in [2.05, 4.69) is 5.32 Å². The summed E-state index contributed by atoms with van der Waals surface area (Å²) in [7, 11) is 0. The average molecular weight is 351 g/mol. The number of halogens is 1. The van der Waals surface area contributed by atoms with Gasteiger partial charge in [0.25, 0.3) is 0 Å². The SMILES string of the molecule is O=C(CCC1CCCO1)NC[C@H]1CC[C@@H](Oc2ccc(F)cc2)[C@@H]1O. The lowest BCUT2D eigenvalue weighted by Crippen LogP contribution is -2.37. The van der Waals surface area contributed by atoms with Gasteiger partial charge in [-0.15, -0.1) is 0 Å². The first kappa shape index (κ1) is 18.1. The summed E-state index contributed by atoms with van der Waals surface area (Å²) in [6, 6.07) is 5.79. The lowest BCUT2D eigenvalue weighted by atomic mass is 10.1. The number of nitrogens with one attached hydrogen (secondary N) is 1. The van der Waals surface area contributed by atoms with E-state index in [0.717, 1.165) is 38.7 Å². The van der Waals surface area contributed by atoms with Crippen LogP contribution < -0.4 is 10.1 Å². The van der Waals surface area contributed by atoms with Gasteiger partial charge in [0.15, 0.2) is 0 Å². The maximum atomic E-state index is 12.9. The Morgan fingerprint density at radius 2 is 2.08 bits per heavy atom. The third-order valence-corrected chi connectivity index (χ3v) is 5.07. The number of amides is 1. The van der Waals surface area contributed by atoms with E-state index in [4.69, 9.17) is 9.47 Å². The van der Waals surface area contributed by atoms with Crippen molar-refractivity contribution in [1.82, 2.24) is 5.32 Å². The first-order chi connectivity index (χ1) is 12.1. The Morgan fingerprint density at radius 1 is 1.28 bits per heavy atom. The summed E-state index contributed by atoms with van der Waals surface area (Å²) in [5.74, 6) is 0.220. The van der Waals surface area contributed by atoms with Gasteiger partial charge >= 0.3 is 0 Å². The van der Waals surface area contributed by atoms with Gasteiger partial charge in [0.2, 0.25) is 5.91 Å². The van der Waals surface area contributed by atoms with Crippen molar-refractivity contribution < 1.29 is 23.8 Å². The van der Waals surface area contributed by atoms with Crippen molar-refractivity contribution in [1.29, 1.82) is 0 Å². The van der Waals surface area contributed by atoms with Crippen molar-refractivity contribution in [2.24, 2.45) is 5.92 Å². The highest BCUT2D eigenvalue weighted by atomic mass is 19.1. The van der Waals surface area contributed by atoms with Gasteiger partial charge in [-0.25, -0.2) is 4.39 Å². The van der Waals surface area contributed by atoms with E-state index in [9.17, 15) is 14.3 Å². The zero-order valence-corrected chi connectivity index (χ0v) is 14.3. The Kier molecular flexibility index (Phi) is 6.26. The van der Waals surface area contributed by atoms with E-state index in [1.807, 2.05) is 0 Å². The minimum Gasteiger partial charge on any atom is -0.488 e. The van der Waals surface area contributed by atoms with Gasteiger partial charge in [-0.1, -0.05) is 0 Å². The smallest absolute Gasteiger partial charge is 0.220 e. The molecule has 6 heteroatoms. The molecule has 2 N–H and O–H groups in total. The van der Waals surface area contributed by atoms with Crippen molar-refractivity contribution >= 4 is 5.91 Å². The molecule has 1 heterocycles. The van der Waals surface area contributed by atoms with Crippen molar-refractivity contribution in [2.45, 2.75) is 56.8 Å². The second-order valence-corrected chi connectivity index (χ2v) is 6.92. The van der Waals surface area contributed by atoms with Gasteiger partial charge in [-0.3, -0.25) is 4.79 Å².